The molecule has 0 unspecified atom stereocenters. The predicted octanol–water partition coefficient (Wildman–Crippen LogP) is 6.39. The maximum atomic E-state index is 12.5. The lowest BCUT2D eigenvalue weighted by molar-refractivity contribution is -0.116. The van der Waals surface area contributed by atoms with Gasteiger partial charge in [-0.25, -0.2) is 0 Å². The summed E-state index contributed by atoms with van der Waals surface area (Å²) in [5.74, 6) is 0.0206. The fraction of sp³-hybridized carbons (Fsp3) is 0.200. The molecule has 3 heteroatoms. The molecule has 0 saturated carbocycles. The van der Waals surface area contributed by atoms with E-state index in [1.54, 1.807) is 6.20 Å². The molecule has 1 amide bonds. The van der Waals surface area contributed by atoms with Crippen LogP contribution in [0, 0.1) is 0 Å². The van der Waals surface area contributed by atoms with Gasteiger partial charge in [0.1, 0.15) is 0 Å². The maximum Gasteiger partial charge on any atom is 0.224 e. The molecule has 1 aromatic heterocycles. The molecule has 2 aromatic carbocycles. The number of nitrogens with one attached hydrogen (secondary N) is 1. The number of para-hydroxylation sites is 1. The number of pyridine rings is 1. The summed E-state index contributed by atoms with van der Waals surface area (Å²) >= 11 is 0. The second-order valence-electron chi connectivity index (χ2n) is 6.72. The summed E-state index contributed by atoms with van der Waals surface area (Å²) in [5.41, 5.74) is 4.09. The first-order valence-electron chi connectivity index (χ1n) is 9.79. The van der Waals surface area contributed by atoms with Crippen molar-refractivity contribution in [2.24, 2.45) is 0 Å². The third-order valence-electron chi connectivity index (χ3n) is 4.56. The maximum absolute atomic E-state index is 12.5. The first-order chi connectivity index (χ1) is 13.8. The Balaban J connectivity index is 1.56. The summed E-state index contributed by atoms with van der Waals surface area (Å²) < 4.78 is 0. The van der Waals surface area contributed by atoms with Crippen LogP contribution in [0.25, 0.3) is 17.0 Å². The zero-order valence-electron chi connectivity index (χ0n) is 16.3. The Morgan fingerprint density at radius 2 is 1.82 bits per heavy atom. The van der Waals surface area contributed by atoms with E-state index in [-0.39, 0.29) is 5.91 Å². The largest absolute Gasteiger partial charge is 0.324 e. The molecule has 3 aromatic rings. The first kappa shape index (κ1) is 19.6. The van der Waals surface area contributed by atoms with Gasteiger partial charge in [0.05, 0.1) is 11.2 Å². The topological polar surface area (TPSA) is 42.0 Å². The molecule has 0 fully saturated rings. The lowest BCUT2D eigenvalue weighted by atomic mass is 10.0. The number of amides is 1. The smallest absolute Gasteiger partial charge is 0.224 e. The number of fused-ring (bicyclic) bond motifs is 1. The summed E-state index contributed by atoms with van der Waals surface area (Å²) in [7, 11) is 0. The average Bonchev–Trinajstić information content (AvgIpc) is 2.73. The molecule has 0 spiro atoms. The minimum Gasteiger partial charge on any atom is -0.324 e. The van der Waals surface area contributed by atoms with Gasteiger partial charge in [-0.05, 0) is 37.0 Å². The van der Waals surface area contributed by atoms with Crippen LogP contribution in [0.4, 0.5) is 5.69 Å². The quantitative estimate of drug-likeness (QED) is 0.467. The van der Waals surface area contributed by atoms with Crippen molar-refractivity contribution in [1.82, 2.24) is 4.98 Å². The highest BCUT2D eigenvalue weighted by atomic mass is 16.1. The number of benzene rings is 2. The molecule has 0 aliphatic heterocycles. The normalized spacial score (nSPS) is 11.8. The molecule has 28 heavy (non-hydrogen) atoms. The molecule has 3 rings (SSSR count). The monoisotopic (exact) mass is 370 g/mol. The van der Waals surface area contributed by atoms with E-state index in [4.69, 9.17) is 0 Å². The third-order valence-corrected chi connectivity index (χ3v) is 4.56. The summed E-state index contributed by atoms with van der Waals surface area (Å²) in [5, 5.41) is 4.04. The van der Waals surface area contributed by atoms with E-state index < -0.39 is 0 Å². The number of carbonyl (C=O) groups is 1. The van der Waals surface area contributed by atoms with Crippen molar-refractivity contribution in [1.29, 1.82) is 0 Å². The van der Waals surface area contributed by atoms with Gasteiger partial charge in [0.25, 0.3) is 0 Å². The lowest BCUT2D eigenvalue weighted by Crippen LogP contribution is -2.12. The Morgan fingerprint density at radius 1 is 1.00 bits per heavy atom. The zero-order chi connectivity index (χ0) is 19.6. The van der Waals surface area contributed by atoms with Crippen molar-refractivity contribution in [3.8, 4) is 0 Å². The standard InChI is InChI=1S/C25H26N2O/c1-2-9-20(12-6-13-21-10-4-3-5-11-21)17-18-24(28)27-23-16-7-14-22-15-8-19-26-25(22)23/h3-11,13-16,19H,2,12,17-18H2,1H3,(H,27,28)/b13-6-,20-9-. The summed E-state index contributed by atoms with van der Waals surface area (Å²) in [6, 6.07) is 20.0. The second kappa shape index (κ2) is 10.2. The van der Waals surface area contributed by atoms with E-state index in [9.17, 15) is 4.79 Å². The Hall–Kier alpha value is -3.20. The molecule has 0 atom stereocenters. The Labute approximate surface area is 166 Å². The third kappa shape index (κ3) is 5.65. The second-order valence-corrected chi connectivity index (χ2v) is 6.72. The van der Waals surface area contributed by atoms with Crippen LogP contribution in [0.3, 0.4) is 0 Å². The Bertz CT molecular complexity index is 969. The summed E-state index contributed by atoms with van der Waals surface area (Å²) in [6.45, 7) is 2.13. The molecule has 0 bridgehead atoms. The van der Waals surface area contributed by atoms with Crippen LogP contribution in [-0.4, -0.2) is 10.9 Å². The number of aromatic nitrogens is 1. The van der Waals surface area contributed by atoms with E-state index in [1.807, 2.05) is 48.5 Å². The number of rotatable bonds is 8. The molecule has 142 valence electrons. The summed E-state index contributed by atoms with van der Waals surface area (Å²) in [4.78, 5) is 16.9. The molecule has 0 aliphatic rings. The van der Waals surface area contributed by atoms with E-state index in [1.165, 1.54) is 11.1 Å². The van der Waals surface area contributed by atoms with Gasteiger partial charge >= 0.3 is 0 Å². The fourth-order valence-corrected chi connectivity index (χ4v) is 3.18. The predicted molar refractivity (Wildman–Crippen MR) is 118 cm³/mol. The first-order valence-corrected chi connectivity index (χ1v) is 9.79. The van der Waals surface area contributed by atoms with E-state index in [0.717, 1.165) is 35.9 Å². The van der Waals surface area contributed by atoms with Gasteiger partial charge in [-0.1, -0.05) is 79.3 Å². The van der Waals surface area contributed by atoms with Gasteiger partial charge in [0.15, 0.2) is 0 Å². The van der Waals surface area contributed by atoms with Crippen molar-refractivity contribution in [2.75, 3.05) is 5.32 Å². The minimum absolute atomic E-state index is 0.0206. The van der Waals surface area contributed by atoms with Crippen molar-refractivity contribution >= 4 is 28.6 Å². The van der Waals surface area contributed by atoms with Crippen LogP contribution < -0.4 is 5.32 Å². The van der Waals surface area contributed by atoms with Crippen LogP contribution >= 0.6 is 0 Å². The van der Waals surface area contributed by atoms with E-state index in [0.29, 0.717) is 6.42 Å². The molecule has 3 nitrogen and oxygen atoms in total. The van der Waals surface area contributed by atoms with E-state index >= 15 is 0 Å². The number of allylic oxidation sites excluding steroid dienone is 3. The highest BCUT2D eigenvalue weighted by molar-refractivity contribution is 6.00. The molecule has 1 heterocycles. The molecule has 0 saturated heterocycles. The fourth-order valence-electron chi connectivity index (χ4n) is 3.18. The van der Waals surface area contributed by atoms with Crippen molar-refractivity contribution in [3.63, 3.8) is 0 Å². The van der Waals surface area contributed by atoms with Crippen LogP contribution in [0.15, 0.2) is 84.6 Å². The van der Waals surface area contributed by atoms with Gasteiger partial charge in [0.2, 0.25) is 5.91 Å². The molecular weight excluding hydrogens is 344 g/mol. The highest BCUT2D eigenvalue weighted by Crippen LogP contribution is 2.21. The SMILES string of the molecule is CC/C=C(/C/C=C\c1ccccc1)CCC(=O)Nc1cccc2cccnc12. The van der Waals surface area contributed by atoms with Gasteiger partial charge in [-0.2, -0.15) is 0 Å². The molecule has 1 N–H and O–H groups in total. The molecule has 0 aliphatic carbocycles. The van der Waals surface area contributed by atoms with Crippen molar-refractivity contribution < 1.29 is 4.79 Å². The van der Waals surface area contributed by atoms with Gasteiger partial charge in [-0.3, -0.25) is 9.78 Å². The zero-order valence-corrected chi connectivity index (χ0v) is 16.3. The number of carbonyl (C=O) groups excluding carboxylic acids is 1. The lowest BCUT2D eigenvalue weighted by Gasteiger charge is -2.09. The highest BCUT2D eigenvalue weighted by Gasteiger charge is 2.07. The van der Waals surface area contributed by atoms with Crippen LogP contribution in [0.1, 0.15) is 38.2 Å². The number of nitrogens with zero attached hydrogens (tertiary/aromatic N) is 1. The van der Waals surface area contributed by atoms with E-state index in [2.05, 4.69) is 47.6 Å². The van der Waals surface area contributed by atoms with Gasteiger partial charge in [-0.15, -0.1) is 0 Å². The summed E-state index contributed by atoms with van der Waals surface area (Å²) in [6.07, 6.45) is 11.3. The minimum atomic E-state index is 0.0206. The van der Waals surface area contributed by atoms with Crippen LogP contribution in [0.2, 0.25) is 0 Å². The number of hydrogen-bond donors (Lipinski definition) is 1. The van der Waals surface area contributed by atoms with Crippen LogP contribution in [-0.2, 0) is 4.79 Å². The Morgan fingerprint density at radius 3 is 2.64 bits per heavy atom. The van der Waals surface area contributed by atoms with Crippen molar-refractivity contribution in [3.05, 3.63) is 90.1 Å². The van der Waals surface area contributed by atoms with Crippen LogP contribution in [0.5, 0.6) is 0 Å². The number of hydrogen-bond acceptors (Lipinski definition) is 2. The number of anilines is 1. The molecule has 0 radical (unpaired) electrons. The Kier molecular flexibility index (Phi) is 7.14. The average molecular weight is 370 g/mol. The molecular formula is C25H26N2O. The van der Waals surface area contributed by atoms with Gasteiger partial charge < -0.3 is 5.32 Å². The van der Waals surface area contributed by atoms with Gasteiger partial charge in [0, 0.05) is 18.0 Å². The van der Waals surface area contributed by atoms with Crippen molar-refractivity contribution in [2.45, 2.75) is 32.6 Å².